The van der Waals surface area contributed by atoms with Gasteiger partial charge in [0.1, 0.15) is 10.5 Å². The number of amides is 1. The molecule has 1 unspecified atom stereocenters. The molecular weight excluding hydrogens is 414 g/mol. The van der Waals surface area contributed by atoms with Crippen LogP contribution in [-0.2, 0) is 0 Å². The van der Waals surface area contributed by atoms with Crippen LogP contribution in [0.1, 0.15) is 21.3 Å². The zero-order valence-corrected chi connectivity index (χ0v) is 18.0. The number of aromatic nitrogens is 2. The molecule has 0 spiro atoms. The van der Waals surface area contributed by atoms with Gasteiger partial charge in [0.2, 0.25) is 0 Å². The van der Waals surface area contributed by atoms with Crippen LogP contribution in [0.2, 0.25) is 0 Å². The van der Waals surface area contributed by atoms with Crippen molar-refractivity contribution in [2.75, 3.05) is 26.1 Å². The van der Waals surface area contributed by atoms with Gasteiger partial charge in [-0.3, -0.25) is 4.79 Å². The molecule has 0 saturated carbocycles. The van der Waals surface area contributed by atoms with Crippen molar-refractivity contribution >= 4 is 39.7 Å². The average molecular weight is 438 g/mol. The summed E-state index contributed by atoms with van der Waals surface area (Å²) in [6.07, 6.45) is 3.55. The zero-order valence-electron chi connectivity index (χ0n) is 17.1. The second kappa shape index (κ2) is 9.07. The molecule has 1 amide bonds. The van der Waals surface area contributed by atoms with E-state index in [0.29, 0.717) is 16.4 Å². The molecule has 0 aliphatic carbocycles. The topological polar surface area (TPSA) is 114 Å². The number of carbonyl (C=O) groups excluding carboxylic acids is 1. The van der Waals surface area contributed by atoms with Gasteiger partial charge in [0.25, 0.3) is 5.91 Å². The number of ether oxygens (including phenoxy) is 2. The van der Waals surface area contributed by atoms with Gasteiger partial charge in [0.05, 0.1) is 31.6 Å². The number of carbonyl (C=O) groups is 1. The Labute approximate surface area is 183 Å². The summed E-state index contributed by atoms with van der Waals surface area (Å²) in [5, 5.41) is 9.20. The summed E-state index contributed by atoms with van der Waals surface area (Å²) in [5.41, 5.74) is 9.18. The van der Waals surface area contributed by atoms with Crippen LogP contribution in [0.15, 0.2) is 54.2 Å². The Kier molecular flexibility index (Phi) is 6.06. The van der Waals surface area contributed by atoms with Gasteiger partial charge in [-0.05, 0) is 41.3 Å². The van der Waals surface area contributed by atoms with Crippen LogP contribution in [0.4, 0.5) is 11.4 Å². The van der Waals surface area contributed by atoms with E-state index in [1.807, 2.05) is 41.9 Å². The molecule has 1 aromatic carbocycles. The molecule has 0 aliphatic rings. The van der Waals surface area contributed by atoms with Crippen molar-refractivity contribution in [3.8, 4) is 11.5 Å². The van der Waals surface area contributed by atoms with E-state index in [2.05, 4.69) is 20.6 Å². The highest BCUT2D eigenvalue weighted by atomic mass is 32.1. The van der Waals surface area contributed by atoms with Crippen LogP contribution in [0.25, 0.3) is 11.0 Å². The number of fused-ring (bicyclic) bond motifs is 1. The summed E-state index contributed by atoms with van der Waals surface area (Å²) in [6, 6.07) is 10.8. The van der Waals surface area contributed by atoms with Crippen molar-refractivity contribution in [3.63, 3.8) is 0 Å². The van der Waals surface area contributed by atoms with Crippen LogP contribution in [0.3, 0.4) is 0 Å². The van der Waals surface area contributed by atoms with Gasteiger partial charge in [-0.15, -0.1) is 11.3 Å². The maximum atomic E-state index is 13.1. The minimum Gasteiger partial charge on any atom is -0.493 e. The third kappa shape index (κ3) is 4.18. The normalized spacial score (nSPS) is 11.8. The molecule has 31 heavy (non-hydrogen) atoms. The van der Waals surface area contributed by atoms with E-state index in [0.717, 1.165) is 28.0 Å². The first-order valence-corrected chi connectivity index (χ1v) is 10.5. The Bertz CT molecular complexity index is 1200. The van der Waals surface area contributed by atoms with E-state index in [4.69, 9.17) is 15.2 Å². The summed E-state index contributed by atoms with van der Waals surface area (Å²) >= 11 is 1.36. The van der Waals surface area contributed by atoms with E-state index in [1.54, 1.807) is 26.5 Å². The van der Waals surface area contributed by atoms with Crippen LogP contribution in [-0.4, -0.2) is 36.6 Å². The van der Waals surface area contributed by atoms with Gasteiger partial charge in [0.15, 0.2) is 11.5 Å². The lowest BCUT2D eigenvalue weighted by molar-refractivity contribution is 0.0942. The van der Waals surface area contributed by atoms with Crippen molar-refractivity contribution in [3.05, 3.63) is 64.6 Å². The molecule has 1 atom stereocenters. The maximum absolute atomic E-state index is 13.1. The number of pyridine rings is 1. The van der Waals surface area contributed by atoms with Gasteiger partial charge >= 0.3 is 0 Å². The Hall–Kier alpha value is -3.56. The second-order valence-electron chi connectivity index (χ2n) is 6.76. The van der Waals surface area contributed by atoms with E-state index >= 15 is 0 Å². The van der Waals surface area contributed by atoms with Crippen LogP contribution in [0.5, 0.6) is 11.5 Å². The lowest BCUT2D eigenvalue weighted by atomic mass is 10.1. The molecule has 3 aromatic heterocycles. The van der Waals surface area contributed by atoms with Gasteiger partial charge in [0, 0.05) is 24.3 Å². The molecule has 0 fully saturated rings. The number of nitrogens with zero attached hydrogens (tertiary/aromatic N) is 1. The molecule has 4 aromatic rings. The first kappa shape index (κ1) is 20.7. The number of benzene rings is 1. The van der Waals surface area contributed by atoms with Crippen molar-refractivity contribution in [1.29, 1.82) is 0 Å². The highest BCUT2D eigenvalue weighted by Crippen LogP contribution is 2.32. The number of nitrogens with two attached hydrogens (primary N) is 1. The van der Waals surface area contributed by atoms with Crippen LogP contribution >= 0.6 is 11.3 Å². The predicted octanol–water partition coefficient (Wildman–Crippen LogP) is 3.82. The SMILES string of the molecule is COc1ccc(C(CN)NC(=O)c2sccc2Nc2ccnc3[nH]ccc23)cc1OC. The smallest absolute Gasteiger partial charge is 0.264 e. The number of H-pyrrole nitrogens is 1. The molecular formula is C22H23N5O3S. The Morgan fingerprint density at radius 3 is 2.77 bits per heavy atom. The highest BCUT2D eigenvalue weighted by molar-refractivity contribution is 7.12. The molecule has 0 bridgehead atoms. The molecule has 3 heterocycles. The lowest BCUT2D eigenvalue weighted by Gasteiger charge is -2.19. The highest BCUT2D eigenvalue weighted by Gasteiger charge is 2.20. The van der Waals surface area contributed by atoms with E-state index in [1.165, 1.54) is 11.3 Å². The number of rotatable bonds is 8. The largest absolute Gasteiger partial charge is 0.493 e. The quantitative estimate of drug-likeness (QED) is 0.333. The maximum Gasteiger partial charge on any atom is 0.264 e. The number of aromatic amines is 1. The Morgan fingerprint density at radius 1 is 1.16 bits per heavy atom. The number of hydrogen-bond acceptors (Lipinski definition) is 7. The lowest BCUT2D eigenvalue weighted by Crippen LogP contribution is -2.33. The zero-order chi connectivity index (χ0) is 21.8. The van der Waals surface area contributed by atoms with Crippen LogP contribution < -0.4 is 25.8 Å². The first-order chi connectivity index (χ1) is 15.1. The summed E-state index contributed by atoms with van der Waals surface area (Å²) in [4.78, 5) is 21.0. The van der Waals surface area contributed by atoms with E-state index < -0.39 is 0 Å². The second-order valence-corrected chi connectivity index (χ2v) is 7.68. The molecule has 0 saturated heterocycles. The number of hydrogen-bond donors (Lipinski definition) is 4. The summed E-state index contributed by atoms with van der Waals surface area (Å²) in [5.74, 6) is 0.994. The minimum atomic E-state index is -0.375. The molecule has 8 nitrogen and oxygen atoms in total. The molecule has 160 valence electrons. The average Bonchev–Trinajstić information content (AvgIpc) is 3.47. The van der Waals surface area contributed by atoms with E-state index in [9.17, 15) is 4.79 Å². The fraction of sp³-hybridized carbons (Fsp3) is 0.182. The Balaban J connectivity index is 1.55. The minimum absolute atomic E-state index is 0.206. The molecule has 9 heteroatoms. The number of anilines is 2. The molecule has 5 N–H and O–H groups in total. The summed E-state index contributed by atoms with van der Waals surface area (Å²) in [7, 11) is 3.15. The van der Waals surface area contributed by atoms with Gasteiger partial charge in [-0.2, -0.15) is 0 Å². The standard InChI is InChI=1S/C22H23N5O3S/c1-29-18-4-3-13(11-19(18)30-2)17(12-23)27-22(28)20-16(7-10-31-20)26-15-6-9-25-21-14(15)5-8-24-21/h3-11,17H,12,23H2,1-2H3,(H,27,28)(H2,24,25,26). The Morgan fingerprint density at radius 2 is 2.00 bits per heavy atom. The fourth-order valence-electron chi connectivity index (χ4n) is 3.37. The van der Waals surface area contributed by atoms with Crippen molar-refractivity contribution in [2.24, 2.45) is 5.73 Å². The third-order valence-electron chi connectivity index (χ3n) is 4.95. The van der Waals surface area contributed by atoms with Gasteiger partial charge in [-0.25, -0.2) is 4.98 Å². The summed E-state index contributed by atoms with van der Waals surface area (Å²) < 4.78 is 10.7. The summed E-state index contributed by atoms with van der Waals surface area (Å²) in [6.45, 7) is 0.240. The van der Waals surface area contributed by atoms with Crippen molar-refractivity contribution in [2.45, 2.75) is 6.04 Å². The van der Waals surface area contributed by atoms with Crippen LogP contribution in [0, 0.1) is 0 Å². The fourth-order valence-corrected chi connectivity index (χ4v) is 4.12. The molecule has 4 rings (SSSR count). The van der Waals surface area contributed by atoms with Gasteiger partial charge < -0.3 is 30.8 Å². The van der Waals surface area contributed by atoms with Gasteiger partial charge in [-0.1, -0.05) is 6.07 Å². The number of thiophene rings is 1. The molecule has 0 aliphatic heterocycles. The van der Waals surface area contributed by atoms with Crippen molar-refractivity contribution in [1.82, 2.24) is 15.3 Å². The number of nitrogens with one attached hydrogen (secondary N) is 3. The third-order valence-corrected chi connectivity index (χ3v) is 5.87. The molecule has 0 radical (unpaired) electrons. The first-order valence-electron chi connectivity index (χ1n) is 9.64. The van der Waals surface area contributed by atoms with E-state index in [-0.39, 0.29) is 18.5 Å². The predicted molar refractivity (Wildman–Crippen MR) is 123 cm³/mol. The monoisotopic (exact) mass is 437 g/mol. The number of methoxy groups -OCH3 is 2. The van der Waals surface area contributed by atoms with Crippen molar-refractivity contribution < 1.29 is 14.3 Å².